The number of rotatable bonds is 2. The highest BCUT2D eigenvalue weighted by molar-refractivity contribution is 6.00. The van der Waals surface area contributed by atoms with E-state index in [4.69, 9.17) is 5.84 Å². The van der Waals surface area contributed by atoms with Crippen LogP contribution in [0.2, 0.25) is 0 Å². The van der Waals surface area contributed by atoms with Crippen molar-refractivity contribution in [1.82, 2.24) is 4.90 Å². The van der Waals surface area contributed by atoms with E-state index >= 15 is 0 Å². The largest absolute Gasteiger partial charge is 0.333 e. The topological polar surface area (TPSA) is 58.4 Å². The normalized spacial score (nSPS) is 17.9. The molecule has 1 amide bonds. The molecule has 1 fully saturated rings. The number of aryl methyl sites for hydroxylation is 1. The zero-order chi connectivity index (χ0) is 13.3. The van der Waals surface area contributed by atoms with E-state index in [9.17, 15) is 4.79 Å². The number of amides is 1. The third kappa shape index (κ3) is 2.20. The second kappa shape index (κ2) is 4.61. The summed E-state index contributed by atoms with van der Waals surface area (Å²) in [6.07, 6.45) is 2.12. The number of nitrogens with zero attached hydrogens (tertiary/aromatic N) is 1. The molecular formula is C14H21N3O. The summed E-state index contributed by atoms with van der Waals surface area (Å²) >= 11 is 0. The fourth-order valence-corrected chi connectivity index (χ4v) is 2.59. The first-order valence-electron chi connectivity index (χ1n) is 6.35. The van der Waals surface area contributed by atoms with E-state index in [0.29, 0.717) is 11.3 Å². The molecule has 0 unspecified atom stereocenters. The molecule has 1 aliphatic heterocycles. The monoisotopic (exact) mass is 247 g/mol. The fraction of sp³-hybridized carbons (Fsp3) is 0.500. The van der Waals surface area contributed by atoms with Gasteiger partial charge in [-0.25, -0.2) is 0 Å². The third-order valence-corrected chi connectivity index (χ3v) is 3.71. The minimum Gasteiger partial charge on any atom is -0.333 e. The number of nitrogens with two attached hydrogens (primary N) is 1. The summed E-state index contributed by atoms with van der Waals surface area (Å²) in [5.74, 6) is 5.55. The molecule has 4 heteroatoms. The van der Waals surface area contributed by atoms with Crippen LogP contribution >= 0.6 is 0 Å². The average molecular weight is 247 g/mol. The summed E-state index contributed by atoms with van der Waals surface area (Å²) in [5.41, 5.74) is 4.96. The fourth-order valence-electron chi connectivity index (χ4n) is 2.59. The summed E-state index contributed by atoms with van der Waals surface area (Å²) in [7, 11) is 0. The Kier molecular flexibility index (Phi) is 3.30. The maximum absolute atomic E-state index is 12.6. The number of carbonyl (C=O) groups is 1. The number of nitrogen functional groups attached to an aromatic ring is 1. The number of benzene rings is 1. The summed E-state index contributed by atoms with van der Waals surface area (Å²) in [6, 6.07) is 5.69. The lowest BCUT2D eigenvalue weighted by Gasteiger charge is -2.32. The quantitative estimate of drug-likeness (QED) is 0.622. The Bertz CT molecular complexity index is 468. The van der Waals surface area contributed by atoms with Gasteiger partial charge in [-0.3, -0.25) is 10.6 Å². The van der Waals surface area contributed by atoms with Gasteiger partial charge >= 0.3 is 0 Å². The molecule has 3 N–H and O–H groups in total. The Morgan fingerprint density at radius 3 is 2.72 bits per heavy atom. The van der Waals surface area contributed by atoms with Gasteiger partial charge in [0.15, 0.2) is 0 Å². The Balaban J connectivity index is 2.37. The molecule has 2 rings (SSSR count). The second-order valence-corrected chi connectivity index (χ2v) is 5.57. The smallest absolute Gasteiger partial charge is 0.256 e. The van der Waals surface area contributed by atoms with Crippen LogP contribution in [0.4, 0.5) is 5.69 Å². The van der Waals surface area contributed by atoms with Gasteiger partial charge in [0, 0.05) is 12.1 Å². The molecule has 0 aliphatic carbocycles. The van der Waals surface area contributed by atoms with E-state index in [-0.39, 0.29) is 11.4 Å². The molecule has 1 aromatic carbocycles. The van der Waals surface area contributed by atoms with Gasteiger partial charge < -0.3 is 10.3 Å². The summed E-state index contributed by atoms with van der Waals surface area (Å²) < 4.78 is 0. The molecule has 0 bridgehead atoms. The van der Waals surface area contributed by atoms with E-state index in [1.54, 1.807) is 0 Å². The maximum Gasteiger partial charge on any atom is 0.256 e. The van der Waals surface area contributed by atoms with Gasteiger partial charge in [-0.15, -0.1) is 0 Å². The van der Waals surface area contributed by atoms with E-state index in [1.807, 2.05) is 30.0 Å². The van der Waals surface area contributed by atoms with E-state index in [2.05, 4.69) is 19.3 Å². The zero-order valence-corrected chi connectivity index (χ0v) is 11.3. The SMILES string of the molecule is Cc1ccc(NN)c(C(=O)N2CCCC2(C)C)c1. The van der Waals surface area contributed by atoms with Gasteiger partial charge in [-0.05, 0) is 45.7 Å². The highest BCUT2D eigenvalue weighted by atomic mass is 16.2. The maximum atomic E-state index is 12.6. The Labute approximate surface area is 108 Å². The first kappa shape index (κ1) is 12.9. The standard InChI is InChI=1S/C14H21N3O/c1-10-5-6-12(16-15)11(9-10)13(18)17-8-4-7-14(17,2)3/h5-6,9,16H,4,7-8,15H2,1-3H3. The number of anilines is 1. The van der Waals surface area contributed by atoms with Gasteiger partial charge in [0.05, 0.1) is 11.3 Å². The van der Waals surface area contributed by atoms with Crippen LogP contribution in [0, 0.1) is 6.92 Å². The van der Waals surface area contributed by atoms with Crippen LogP contribution < -0.4 is 11.3 Å². The van der Waals surface area contributed by atoms with Gasteiger partial charge in [-0.2, -0.15) is 0 Å². The summed E-state index contributed by atoms with van der Waals surface area (Å²) in [4.78, 5) is 14.6. The first-order valence-corrected chi connectivity index (χ1v) is 6.35. The molecule has 0 saturated carbocycles. The lowest BCUT2D eigenvalue weighted by molar-refractivity contribution is 0.0653. The van der Waals surface area contributed by atoms with Crippen LogP contribution in [-0.2, 0) is 0 Å². The highest BCUT2D eigenvalue weighted by Crippen LogP contribution is 2.31. The molecule has 1 saturated heterocycles. The molecule has 0 spiro atoms. The predicted octanol–water partition coefficient (Wildman–Crippen LogP) is 2.30. The third-order valence-electron chi connectivity index (χ3n) is 3.71. The van der Waals surface area contributed by atoms with Crippen LogP contribution in [0.3, 0.4) is 0 Å². The van der Waals surface area contributed by atoms with E-state index < -0.39 is 0 Å². The molecule has 0 aromatic heterocycles. The van der Waals surface area contributed by atoms with Crippen LogP contribution in [0.5, 0.6) is 0 Å². The molecule has 1 aromatic rings. The molecular weight excluding hydrogens is 226 g/mol. The number of likely N-dealkylation sites (tertiary alicyclic amines) is 1. The average Bonchev–Trinajstić information content (AvgIpc) is 2.68. The molecule has 0 atom stereocenters. The molecule has 98 valence electrons. The van der Waals surface area contributed by atoms with Crippen molar-refractivity contribution in [3.8, 4) is 0 Å². The van der Waals surface area contributed by atoms with E-state index in [0.717, 1.165) is 24.9 Å². The van der Waals surface area contributed by atoms with Crippen molar-refractivity contribution in [2.75, 3.05) is 12.0 Å². The van der Waals surface area contributed by atoms with Crippen molar-refractivity contribution < 1.29 is 4.79 Å². The van der Waals surface area contributed by atoms with Gasteiger partial charge in [0.25, 0.3) is 5.91 Å². The van der Waals surface area contributed by atoms with Crippen molar-refractivity contribution in [3.63, 3.8) is 0 Å². The zero-order valence-electron chi connectivity index (χ0n) is 11.3. The van der Waals surface area contributed by atoms with Crippen LogP contribution in [-0.4, -0.2) is 22.9 Å². The second-order valence-electron chi connectivity index (χ2n) is 5.57. The molecule has 4 nitrogen and oxygen atoms in total. The highest BCUT2D eigenvalue weighted by Gasteiger charge is 2.36. The van der Waals surface area contributed by atoms with E-state index in [1.165, 1.54) is 0 Å². The van der Waals surface area contributed by atoms with Gasteiger partial charge in [-0.1, -0.05) is 11.6 Å². The molecule has 1 heterocycles. The summed E-state index contributed by atoms with van der Waals surface area (Å²) in [6.45, 7) is 7.03. The Hall–Kier alpha value is -1.55. The number of hydrogen-bond donors (Lipinski definition) is 2. The molecule has 0 radical (unpaired) electrons. The molecule has 18 heavy (non-hydrogen) atoms. The van der Waals surface area contributed by atoms with Crippen molar-refractivity contribution >= 4 is 11.6 Å². The van der Waals surface area contributed by atoms with Crippen molar-refractivity contribution in [2.24, 2.45) is 5.84 Å². The van der Waals surface area contributed by atoms with Crippen molar-refractivity contribution in [2.45, 2.75) is 39.2 Å². The van der Waals surface area contributed by atoms with Crippen molar-refractivity contribution in [3.05, 3.63) is 29.3 Å². The van der Waals surface area contributed by atoms with Crippen LogP contribution in [0.15, 0.2) is 18.2 Å². The lowest BCUT2D eigenvalue weighted by atomic mass is 10.0. The predicted molar refractivity (Wildman–Crippen MR) is 73.3 cm³/mol. The minimum absolute atomic E-state index is 0.0628. The van der Waals surface area contributed by atoms with Gasteiger partial charge in [0.2, 0.25) is 0 Å². The van der Waals surface area contributed by atoms with Crippen molar-refractivity contribution in [1.29, 1.82) is 0 Å². The van der Waals surface area contributed by atoms with Gasteiger partial charge in [0.1, 0.15) is 0 Å². The number of hydrazine groups is 1. The first-order chi connectivity index (χ1) is 8.45. The number of nitrogens with one attached hydrogen (secondary N) is 1. The lowest BCUT2D eigenvalue weighted by Crippen LogP contribution is -2.43. The number of carbonyl (C=O) groups excluding carboxylic acids is 1. The van der Waals surface area contributed by atoms with Crippen LogP contribution in [0.25, 0.3) is 0 Å². The summed E-state index contributed by atoms with van der Waals surface area (Å²) in [5, 5.41) is 0. The Morgan fingerprint density at radius 2 is 2.17 bits per heavy atom. The molecule has 1 aliphatic rings. The number of hydrogen-bond acceptors (Lipinski definition) is 3. The Morgan fingerprint density at radius 1 is 1.44 bits per heavy atom. The van der Waals surface area contributed by atoms with Crippen LogP contribution in [0.1, 0.15) is 42.6 Å². The minimum atomic E-state index is -0.0628.